The predicted octanol–water partition coefficient (Wildman–Crippen LogP) is 2.10. The van der Waals surface area contributed by atoms with Crippen LogP contribution in [0.4, 0.5) is 5.69 Å². The van der Waals surface area contributed by atoms with Crippen molar-refractivity contribution in [2.45, 2.75) is 11.4 Å². The smallest absolute Gasteiger partial charge is 0.238 e. The van der Waals surface area contributed by atoms with Gasteiger partial charge in [0, 0.05) is 29.1 Å². The summed E-state index contributed by atoms with van der Waals surface area (Å²) in [6.07, 6.45) is 3.44. The van der Waals surface area contributed by atoms with Gasteiger partial charge in [0.1, 0.15) is 0 Å². The van der Waals surface area contributed by atoms with Crippen LogP contribution in [0.2, 0.25) is 0 Å². The van der Waals surface area contributed by atoms with Crippen LogP contribution in [0.25, 0.3) is 0 Å². The molecule has 100 valence electrons. The summed E-state index contributed by atoms with van der Waals surface area (Å²) in [6.45, 7) is 0.621. The van der Waals surface area contributed by atoms with Gasteiger partial charge >= 0.3 is 0 Å². The Hall–Kier alpha value is -1.44. The van der Waals surface area contributed by atoms with E-state index in [1.165, 1.54) is 12.1 Å². The summed E-state index contributed by atoms with van der Waals surface area (Å²) in [5.41, 5.74) is 1.88. The first-order valence-corrected chi connectivity index (χ1v) is 7.76. The number of anilines is 1. The fraction of sp³-hybridized carbons (Fsp3) is 0.0833. The minimum absolute atomic E-state index is 0.0776. The van der Waals surface area contributed by atoms with Crippen molar-refractivity contribution in [2.75, 3.05) is 5.32 Å². The predicted molar refractivity (Wildman–Crippen MR) is 77.1 cm³/mol. The fourth-order valence-electron chi connectivity index (χ4n) is 1.51. The average molecular weight is 342 g/mol. The van der Waals surface area contributed by atoms with Gasteiger partial charge in [0.15, 0.2) is 0 Å². The quantitative estimate of drug-likeness (QED) is 0.891. The molecule has 19 heavy (non-hydrogen) atoms. The van der Waals surface area contributed by atoms with Gasteiger partial charge in [-0.2, -0.15) is 0 Å². The molecule has 3 N–H and O–H groups in total. The second kappa shape index (κ2) is 5.68. The molecule has 0 spiro atoms. The van der Waals surface area contributed by atoms with Crippen molar-refractivity contribution in [3.05, 3.63) is 52.8 Å². The van der Waals surface area contributed by atoms with Gasteiger partial charge in [-0.3, -0.25) is 4.98 Å². The highest BCUT2D eigenvalue weighted by molar-refractivity contribution is 9.10. The number of hydrogen-bond donors (Lipinski definition) is 2. The highest BCUT2D eigenvalue weighted by atomic mass is 79.9. The van der Waals surface area contributed by atoms with Crippen molar-refractivity contribution in [1.29, 1.82) is 0 Å². The van der Waals surface area contributed by atoms with Crippen LogP contribution in [0.5, 0.6) is 0 Å². The van der Waals surface area contributed by atoms with E-state index in [4.69, 9.17) is 5.14 Å². The lowest BCUT2D eigenvalue weighted by molar-refractivity contribution is 0.598. The SMILES string of the molecule is NS(=O)(=O)c1ccc(NCc2ccncc2)c(Br)c1. The zero-order chi connectivity index (χ0) is 13.9. The Kier molecular flexibility index (Phi) is 4.18. The molecule has 0 amide bonds. The molecule has 1 aromatic carbocycles. The number of nitrogens with zero attached hydrogens (tertiary/aromatic N) is 1. The van der Waals surface area contributed by atoms with Crippen LogP contribution in [0.3, 0.4) is 0 Å². The maximum Gasteiger partial charge on any atom is 0.238 e. The van der Waals surface area contributed by atoms with Crippen LogP contribution in [0.15, 0.2) is 52.1 Å². The number of halogens is 1. The summed E-state index contributed by atoms with van der Waals surface area (Å²) >= 11 is 3.32. The molecule has 1 heterocycles. The molecule has 2 aromatic rings. The Bertz CT molecular complexity index is 675. The molecule has 1 aromatic heterocycles. The molecule has 0 aliphatic rings. The summed E-state index contributed by atoms with van der Waals surface area (Å²) in [6, 6.07) is 8.42. The van der Waals surface area contributed by atoms with E-state index in [0.29, 0.717) is 11.0 Å². The van der Waals surface area contributed by atoms with Gasteiger partial charge in [0.25, 0.3) is 0 Å². The van der Waals surface area contributed by atoms with Crippen LogP contribution in [-0.2, 0) is 16.6 Å². The molecule has 0 aliphatic carbocycles. The average Bonchev–Trinajstić information content (AvgIpc) is 2.37. The van der Waals surface area contributed by atoms with Crippen LogP contribution in [0, 0.1) is 0 Å². The monoisotopic (exact) mass is 341 g/mol. The van der Waals surface area contributed by atoms with Gasteiger partial charge in [-0.1, -0.05) is 0 Å². The van der Waals surface area contributed by atoms with E-state index in [1.54, 1.807) is 18.5 Å². The molecule has 7 heteroatoms. The van der Waals surface area contributed by atoms with Crippen LogP contribution >= 0.6 is 15.9 Å². The Morgan fingerprint density at radius 2 is 1.89 bits per heavy atom. The van der Waals surface area contributed by atoms with Gasteiger partial charge < -0.3 is 5.32 Å². The third-order valence-corrected chi connectivity index (χ3v) is 4.07. The van der Waals surface area contributed by atoms with Gasteiger partial charge in [0.05, 0.1) is 4.90 Å². The maximum atomic E-state index is 11.2. The van der Waals surface area contributed by atoms with E-state index in [1.807, 2.05) is 12.1 Å². The standard InChI is InChI=1S/C12H12BrN3O2S/c13-11-7-10(19(14,17)18)1-2-12(11)16-8-9-3-5-15-6-4-9/h1-7,16H,8H2,(H2,14,17,18). The van der Waals surface area contributed by atoms with Gasteiger partial charge in [-0.15, -0.1) is 0 Å². The number of primary sulfonamides is 1. The van der Waals surface area contributed by atoms with Gasteiger partial charge in [-0.25, -0.2) is 13.6 Å². The van der Waals surface area contributed by atoms with Gasteiger partial charge in [-0.05, 0) is 51.8 Å². The zero-order valence-electron chi connectivity index (χ0n) is 9.88. The molecule has 2 rings (SSSR count). The zero-order valence-corrected chi connectivity index (χ0v) is 12.3. The molecule has 0 saturated carbocycles. The summed E-state index contributed by atoms with van der Waals surface area (Å²) in [4.78, 5) is 4.02. The van der Waals surface area contributed by atoms with Crippen molar-refractivity contribution in [1.82, 2.24) is 4.98 Å². The first-order valence-electron chi connectivity index (χ1n) is 5.42. The van der Waals surface area contributed by atoms with Crippen molar-refractivity contribution in [2.24, 2.45) is 5.14 Å². The lowest BCUT2D eigenvalue weighted by atomic mass is 10.2. The van der Waals surface area contributed by atoms with Crippen molar-refractivity contribution < 1.29 is 8.42 Å². The van der Waals surface area contributed by atoms with Crippen LogP contribution < -0.4 is 10.5 Å². The van der Waals surface area contributed by atoms with E-state index in [9.17, 15) is 8.42 Å². The van der Waals surface area contributed by atoms with Crippen molar-refractivity contribution >= 4 is 31.6 Å². The van der Waals surface area contributed by atoms with Gasteiger partial charge in [0.2, 0.25) is 10.0 Å². The number of nitrogens with one attached hydrogen (secondary N) is 1. The van der Waals surface area contributed by atoms with Crippen molar-refractivity contribution in [3.63, 3.8) is 0 Å². The molecule has 0 aliphatic heterocycles. The topological polar surface area (TPSA) is 85.1 Å². The molecule has 5 nitrogen and oxygen atoms in total. The molecule has 0 fully saturated rings. The van der Waals surface area contributed by atoms with E-state index in [-0.39, 0.29) is 4.90 Å². The van der Waals surface area contributed by atoms with Crippen LogP contribution in [-0.4, -0.2) is 13.4 Å². The number of nitrogens with two attached hydrogens (primary N) is 1. The summed E-state index contributed by atoms with van der Waals surface area (Å²) in [7, 11) is -3.68. The minimum atomic E-state index is -3.68. The highest BCUT2D eigenvalue weighted by Gasteiger charge is 2.10. The Morgan fingerprint density at radius 1 is 1.21 bits per heavy atom. The first-order chi connectivity index (χ1) is 8.97. The molecular formula is C12H12BrN3O2S. The maximum absolute atomic E-state index is 11.2. The molecule has 0 saturated heterocycles. The Morgan fingerprint density at radius 3 is 2.47 bits per heavy atom. The minimum Gasteiger partial charge on any atom is -0.380 e. The number of sulfonamides is 1. The summed E-state index contributed by atoms with van der Waals surface area (Å²) in [5, 5.41) is 8.26. The fourth-order valence-corrected chi connectivity index (χ4v) is 2.72. The van der Waals surface area contributed by atoms with Crippen molar-refractivity contribution in [3.8, 4) is 0 Å². The lowest BCUT2D eigenvalue weighted by Gasteiger charge is -2.09. The molecule has 0 unspecified atom stereocenters. The summed E-state index contributed by atoms with van der Waals surface area (Å²) in [5.74, 6) is 0. The summed E-state index contributed by atoms with van der Waals surface area (Å²) < 4.78 is 23.1. The third-order valence-electron chi connectivity index (χ3n) is 2.50. The number of rotatable bonds is 4. The molecule has 0 atom stereocenters. The van der Waals surface area contributed by atoms with Crippen LogP contribution in [0.1, 0.15) is 5.56 Å². The van der Waals surface area contributed by atoms with E-state index >= 15 is 0 Å². The number of pyridine rings is 1. The third kappa shape index (κ3) is 3.76. The van der Waals surface area contributed by atoms with E-state index in [0.717, 1.165) is 11.3 Å². The molecular weight excluding hydrogens is 330 g/mol. The normalized spacial score (nSPS) is 11.3. The first kappa shape index (κ1) is 14.0. The number of benzene rings is 1. The lowest BCUT2D eigenvalue weighted by Crippen LogP contribution is -2.12. The second-order valence-electron chi connectivity index (χ2n) is 3.90. The molecule has 0 bridgehead atoms. The molecule has 0 radical (unpaired) electrons. The van der Waals surface area contributed by atoms with E-state index in [2.05, 4.69) is 26.2 Å². The highest BCUT2D eigenvalue weighted by Crippen LogP contribution is 2.25. The largest absolute Gasteiger partial charge is 0.380 e. The Labute approximate surface area is 120 Å². The number of hydrogen-bond acceptors (Lipinski definition) is 4. The second-order valence-corrected chi connectivity index (χ2v) is 6.31. The number of aromatic nitrogens is 1. The van der Waals surface area contributed by atoms with E-state index < -0.39 is 10.0 Å². The Balaban J connectivity index is 2.14.